The number of hydrogen-bond donors (Lipinski definition) is 1. The van der Waals surface area contributed by atoms with Crippen molar-refractivity contribution in [2.24, 2.45) is 11.8 Å². The predicted molar refractivity (Wildman–Crippen MR) is 90.2 cm³/mol. The molecule has 2 aliphatic rings. The summed E-state index contributed by atoms with van der Waals surface area (Å²) >= 11 is 3.79. The van der Waals surface area contributed by atoms with Crippen LogP contribution in [0.3, 0.4) is 0 Å². The molecule has 2 fully saturated rings. The van der Waals surface area contributed by atoms with E-state index in [2.05, 4.69) is 12.6 Å². The molecule has 0 aliphatic heterocycles. The van der Waals surface area contributed by atoms with Gasteiger partial charge in [0.15, 0.2) is 9.84 Å². The molecule has 1 aromatic rings. The highest BCUT2D eigenvalue weighted by atomic mass is 32.2. The number of carbonyl (C=O) groups is 1. The topological polar surface area (TPSA) is 51.2 Å². The minimum atomic E-state index is -3.42. The number of hydrogen-bond acceptors (Lipinski definition) is 3. The van der Waals surface area contributed by atoms with Gasteiger partial charge in [0, 0.05) is 6.26 Å². The molecule has 3 rings (SSSR count). The number of benzene rings is 1. The fourth-order valence-electron chi connectivity index (χ4n) is 4.28. The average molecular weight is 374 g/mol. The Labute approximate surface area is 146 Å². The third-order valence-electron chi connectivity index (χ3n) is 5.50. The fraction of sp³-hybridized carbons (Fsp3) is 0.588. The van der Waals surface area contributed by atoms with E-state index in [4.69, 9.17) is 0 Å². The second-order valence-corrected chi connectivity index (χ2v) is 9.33. The fourth-order valence-corrected chi connectivity index (χ4v) is 5.33. The van der Waals surface area contributed by atoms with Crippen LogP contribution < -0.4 is 0 Å². The van der Waals surface area contributed by atoms with E-state index in [1.165, 1.54) is 24.3 Å². The van der Waals surface area contributed by atoms with Crippen molar-refractivity contribution in [2.45, 2.75) is 48.3 Å². The number of sulfone groups is 1. The van der Waals surface area contributed by atoms with E-state index in [1.807, 2.05) is 0 Å². The molecule has 132 valence electrons. The summed E-state index contributed by atoms with van der Waals surface area (Å²) in [4.78, 5) is 12.2. The summed E-state index contributed by atoms with van der Waals surface area (Å²) in [6.07, 6.45) is 5.30. The molecular formula is C17H20F2O3S2. The number of thiol groups is 1. The lowest BCUT2D eigenvalue weighted by molar-refractivity contribution is -0.115. The Morgan fingerprint density at radius 2 is 1.67 bits per heavy atom. The van der Waals surface area contributed by atoms with Crippen molar-refractivity contribution in [1.29, 1.82) is 0 Å². The molecule has 0 bridgehead atoms. The largest absolute Gasteiger partial charge is 0.286 e. The van der Waals surface area contributed by atoms with Crippen molar-refractivity contribution in [1.82, 2.24) is 0 Å². The number of carbonyl (C=O) groups excluding carboxylic acids is 1. The molecule has 0 heterocycles. The Morgan fingerprint density at radius 1 is 1.12 bits per heavy atom. The lowest BCUT2D eigenvalue weighted by atomic mass is 9.81. The van der Waals surface area contributed by atoms with Gasteiger partial charge in [-0.15, -0.1) is 12.6 Å². The zero-order valence-electron chi connectivity index (χ0n) is 13.3. The maximum Gasteiger partial charge on any atom is 0.270 e. The molecule has 0 radical (unpaired) electrons. The van der Waals surface area contributed by atoms with Gasteiger partial charge < -0.3 is 0 Å². The quantitative estimate of drug-likeness (QED) is 0.819. The Bertz CT molecular complexity index is 753. The van der Waals surface area contributed by atoms with Gasteiger partial charge in [0.2, 0.25) is 5.12 Å². The van der Waals surface area contributed by atoms with Gasteiger partial charge in [-0.3, -0.25) is 4.79 Å². The molecule has 7 heteroatoms. The summed E-state index contributed by atoms with van der Waals surface area (Å²) in [5, 5.41) is -0.838. The minimum absolute atomic E-state index is 0.0474. The van der Waals surface area contributed by atoms with Crippen LogP contribution in [-0.2, 0) is 20.0 Å². The van der Waals surface area contributed by atoms with Gasteiger partial charge in [-0.2, -0.15) is 0 Å². The SMILES string of the molecule is CS(=O)(=O)c1ccc([C@]2(C(=O)S)[C@H](C3CCCCC3)C2(F)F)cc1. The normalized spacial score (nSPS) is 30.1. The Balaban J connectivity index is 2.02. The zero-order valence-corrected chi connectivity index (χ0v) is 15.0. The first-order valence-corrected chi connectivity index (χ1v) is 10.4. The third-order valence-corrected chi connectivity index (χ3v) is 6.98. The smallest absolute Gasteiger partial charge is 0.270 e. The van der Waals surface area contributed by atoms with Crippen molar-refractivity contribution in [3.05, 3.63) is 29.8 Å². The van der Waals surface area contributed by atoms with E-state index >= 15 is 0 Å². The van der Waals surface area contributed by atoms with Crippen molar-refractivity contribution < 1.29 is 22.0 Å². The maximum absolute atomic E-state index is 14.8. The van der Waals surface area contributed by atoms with Gasteiger partial charge >= 0.3 is 0 Å². The second-order valence-electron chi connectivity index (χ2n) is 6.91. The summed E-state index contributed by atoms with van der Waals surface area (Å²) in [6, 6.07) is 5.24. The van der Waals surface area contributed by atoms with Crippen molar-refractivity contribution in [3.8, 4) is 0 Å². The van der Waals surface area contributed by atoms with Crippen molar-refractivity contribution in [2.75, 3.05) is 6.26 Å². The molecule has 0 aromatic heterocycles. The molecule has 2 aliphatic carbocycles. The van der Waals surface area contributed by atoms with Crippen LogP contribution in [0.1, 0.15) is 37.7 Å². The molecule has 2 atom stereocenters. The summed E-state index contributed by atoms with van der Waals surface area (Å²) in [5.41, 5.74) is -1.76. The van der Waals surface area contributed by atoms with E-state index in [0.29, 0.717) is 12.8 Å². The van der Waals surface area contributed by atoms with Crippen LogP contribution in [0, 0.1) is 11.8 Å². The van der Waals surface area contributed by atoms with Crippen LogP contribution in [0.15, 0.2) is 29.2 Å². The van der Waals surface area contributed by atoms with Crippen LogP contribution in [0.2, 0.25) is 0 Å². The summed E-state index contributed by atoms with van der Waals surface area (Å²) in [5.74, 6) is -4.38. The monoisotopic (exact) mass is 374 g/mol. The highest BCUT2D eigenvalue weighted by Crippen LogP contribution is 2.71. The summed E-state index contributed by atoms with van der Waals surface area (Å²) < 4.78 is 52.7. The molecule has 0 N–H and O–H groups in total. The first-order valence-electron chi connectivity index (χ1n) is 8.05. The van der Waals surface area contributed by atoms with Gasteiger partial charge in [0.1, 0.15) is 5.41 Å². The predicted octanol–water partition coefficient (Wildman–Crippen LogP) is 3.63. The molecule has 0 amide bonds. The Kier molecular flexibility index (Phi) is 4.31. The van der Waals surface area contributed by atoms with Gasteiger partial charge in [-0.1, -0.05) is 31.4 Å². The van der Waals surface area contributed by atoms with Crippen molar-refractivity contribution in [3.63, 3.8) is 0 Å². The first-order chi connectivity index (χ1) is 11.1. The lowest BCUT2D eigenvalue weighted by Gasteiger charge is -2.23. The second kappa shape index (κ2) is 5.80. The highest BCUT2D eigenvalue weighted by molar-refractivity contribution is 7.96. The van der Waals surface area contributed by atoms with Gasteiger partial charge in [0.05, 0.1) is 10.8 Å². The van der Waals surface area contributed by atoms with Crippen LogP contribution >= 0.6 is 12.6 Å². The van der Waals surface area contributed by atoms with Crippen LogP contribution in [0.25, 0.3) is 0 Å². The Hall–Kier alpha value is -0.950. The molecule has 24 heavy (non-hydrogen) atoms. The van der Waals surface area contributed by atoms with Crippen LogP contribution in [0.5, 0.6) is 0 Å². The zero-order chi connectivity index (χ0) is 17.8. The van der Waals surface area contributed by atoms with Crippen LogP contribution in [-0.4, -0.2) is 25.7 Å². The van der Waals surface area contributed by atoms with Gasteiger partial charge in [-0.05, 0) is 36.5 Å². The van der Waals surface area contributed by atoms with Crippen molar-refractivity contribution >= 4 is 27.6 Å². The standard InChI is InChI=1S/C17H20F2O3S2/c1-24(21,22)13-9-7-12(8-10-13)16(15(20)23)14(17(16,18)19)11-5-3-2-4-6-11/h7-11,14H,2-6H2,1H3,(H,20,23)/t14-,16+/m0/s1. The van der Waals surface area contributed by atoms with E-state index in [9.17, 15) is 22.0 Å². The number of alkyl halides is 2. The molecule has 3 nitrogen and oxygen atoms in total. The summed E-state index contributed by atoms with van der Waals surface area (Å²) in [7, 11) is -3.42. The molecule has 1 aromatic carbocycles. The van der Waals surface area contributed by atoms with E-state index in [-0.39, 0.29) is 16.4 Å². The first kappa shape index (κ1) is 17.9. The van der Waals surface area contributed by atoms with Gasteiger partial charge in [0.25, 0.3) is 5.92 Å². The molecule has 2 saturated carbocycles. The lowest BCUT2D eigenvalue weighted by Crippen LogP contribution is -2.25. The summed E-state index contributed by atoms with van der Waals surface area (Å²) in [6.45, 7) is 0. The number of halogens is 2. The molecule has 0 unspecified atom stereocenters. The highest BCUT2D eigenvalue weighted by Gasteiger charge is 2.85. The van der Waals surface area contributed by atoms with Gasteiger partial charge in [-0.25, -0.2) is 17.2 Å². The average Bonchev–Trinajstić information content (AvgIpc) is 3.05. The number of rotatable bonds is 4. The maximum atomic E-state index is 14.8. The molecule has 0 spiro atoms. The van der Waals surface area contributed by atoms with E-state index < -0.39 is 32.2 Å². The molecule has 0 saturated heterocycles. The molecular weight excluding hydrogens is 354 g/mol. The van der Waals surface area contributed by atoms with E-state index in [0.717, 1.165) is 25.5 Å². The minimum Gasteiger partial charge on any atom is -0.286 e. The third kappa shape index (κ3) is 2.51. The Morgan fingerprint density at radius 3 is 2.12 bits per heavy atom. The van der Waals surface area contributed by atoms with Crippen LogP contribution in [0.4, 0.5) is 8.78 Å². The van der Waals surface area contributed by atoms with E-state index in [1.54, 1.807) is 0 Å².